The highest BCUT2D eigenvalue weighted by molar-refractivity contribution is 6.16. The number of carbonyl (C=O) groups excluding carboxylic acids is 2. The van der Waals surface area contributed by atoms with Crippen LogP contribution in [0, 0.1) is 5.92 Å². The predicted octanol–water partition coefficient (Wildman–Crippen LogP) is 3.48. The molecular formula is C25H27N5O2. The quantitative estimate of drug-likeness (QED) is 0.537. The third-order valence-electron chi connectivity index (χ3n) is 6.28. The molecule has 7 nitrogen and oxygen atoms in total. The molecule has 3 aromatic rings. The maximum Gasteiger partial charge on any atom is 0.272 e. The number of H-pyrrole nitrogens is 1. The molecular weight excluding hydrogens is 402 g/mol. The molecule has 164 valence electrons. The van der Waals surface area contributed by atoms with Gasteiger partial charge in [-0.3, -0.25) is 9.59 Å². The molecule has 1 aromatic heterocycles. The van der Waals surface area contributed by atoms with Gasteiger partial charge in [-0.25, -0.2) is 5.43 Å². The van der Waals surface area contributed by atoms with Crippen LogP contribution in [0.3, 0.4) is 0 Å². The van der Waals surface area contributed by atoms with Gasteiger partial charge in [0.1, 0.15) is 0 Å². The Morgan fingerprint density at radius 3 is 2.81 bits per heavy atom. The lowest BCUT2D eigenvalue weighted by atomic mass is 10.0. The monoisotopic (exact) mass is 429 g/mol. The van der Waals surface area contributed by atoms with Crippen LogP contribution in [-0.4, -0.2) is 48.6 Å². The Morgan fingerprint density at radius 1 is 1.22 bits per heavy atom. The molecule has 1 aliphatic carbocycles. The Labute approximate surface area is 186 Å². The molecule has 5 rings (SSSR count). The molecule has 1 fully saturated rings. The molecule has 0 unspecified atom stereocenters. The van der Waals surface area contributed by atoms with Gasteiger partial charge < -0.3 is 15.2 Å². The van der Waals surface area contributed by atoms with Gasteiger partial charge in [-0.15, -0.1) is 0 Å². The van der Waals surface area contributed by atoms with Crippen molar-refractivity contribution in [2.45, 2.75) is 25.2 Å². The number of carbonyl (C=O) groups is 2. The third-order valence-corrected chi connectivity index (χ3v) is 6.28. The van der Waals surface area contributed by atoms with Crippen molar-refractivity contribution in [2.75, 3.05) is 26.0 Å². The number of anilines is 1. The van der Waals surface area contributed by atoms with Gasteiger partial charge >= 0.3 is 0 Å². The van der Waals surface area contributed by atoms with Crippen molar-refractivity contribution < 1.29 is 9.59 Å². The van der Waals surface area contributed by atoms with Crippen molar-refractivity contribution in [3.63, 3.8) is 0 Å². The van der Waals surface area contributed by atoms with E-state index in [1.807, 2.05) is 24.3 Å². The van der Waals surface area contributed by atoms with Crippen molar-refractivity contribution in [1.82, 2.24) is 15.3 Å². The van der Waals surface area contributed by atoms with Gasteiger partial charge in [-0.05, 0) is 63.5 Å². The molecule has 2 amide bonds. The van der Waals surface area contributed by atoms with Crippen LogP contribution in [-0.2, 0) is 11.2 Å². The lowest BCUT2D eigenvalue weighted by Gasteiger charge is -2.08. The SMILES string of the molecule is CN(C)CCCc1[nH]c2cc(NC(=O)[C@@H]3C[C@H]3c3ccccc3)cc3c2c1C=NNC3=O. The minimum Gasteiger partial charge on any atom is -0.358 e. The largest absolute Gasteiger partial charge is 0.358 e. The van der Waals surface area contributed by atoms with Crippen LogP contribution in [0.2, 0.25) is 0 Å². The van der Waals surface area contributed by atoms with Crippen molar-refractivity contribution >= 4 is 34.6 Å². The topological polar surface area (TPSA) is 89.6 Å². The Kier molecular flexibility index (Phi) is 5.27. The molecule has 2 heterocycles. The molecule has 2 atom stereocenters. The summed E-state index contributed by atoms with van der Waals surface area (Å²) in [6.45, 7) is 0.973. The van der Waals surface area contributed by atoms with Gasteiger partial charge in [0.2, 0.25) is 5.91 Å². The van der Waals surface area contributed by atoms with Gasteiger partial charge in [0.05, 0.1) is 11.8 Å². The summed E-state index contributed by atoms with van der Waals surface area (Å²) in [5, 5.41) is 7.99. The maximum atomic E-state index is 12.9. The van der Waals surface area contributed by atoms with Gasteiger partial charge in [-0.2, -0.15) is 5.10 Å². The minimum absolute atomic E-state index is 0.00586. The predicted molar refractivity (Wildman–Crippen MR) is 126 cm³/mol. The molecule has 0 radical (unpaired) electrons. The second kappa shape index (κ2) is 8.24. The van der Waals surface area contributed by atoms with E-state index in [-0.39, 0.29) is 23.7 Å². The number of hydrogen-bond acceptors (Lipinski definition) is 4. The van der Waals surface area contributed by atoms with Crippen LogP contribution >= 0.6 is 0 Å². The van der Waals surface area contributed by atoms with E-state index in [0.29, 0.717) is 11.3 Å². The lowest BCUT2D eigenvalue weighted by Crippen LogP contribution is -2.18. The first kappa shape index (κ1) is 20.5. The standard InChI is InChI=1S/C25H27N5O2/c1-30(2)10-6-9-21-20-14-26-29-25(32)19-11-16(12-22(28-21)23(19)20)27-24(31)18-13-17(18)15-7-4-3-5-8-15/h3-5,7-8,11-12,14,17-18,28H,6,9-10,13H2,1-2H3,(H,27,31)(H,29,32)/t17-,18+/m0/s1. The molecule has 32 heavy (non-hydrogen) atoms. The number of aromatic amines is 1. The lowest BCUT2D eigenvalue weighted by molar-refractivity contribution is -0.117. The van der Waals surface area contributed by atoms with Crippen LogP contribution in [0.5, 0.6) is 0 Å². The van der Waals surface area contributed by atoms with Crippen LogP contribution in [0.4, 0.5) is 5.69 Å². The van der Waals surface area contributed by atoms with Crippen LogP contribution in [0.15, 0.2) is 47.6 Å². The van der Waals surface area contributed by atoms with Crippen LogP contribution < -0.4 is 10.7 Å². The second-order valence-electron chi connectivity index (χ2n) is 8.92. The minimum atomic E-state index is -0.270. The fourth-order valence-corrected chi connectivity index (χ4v) is 4.58. The number of hydrogen-bond donors (Lipinski definition) is 3. The summed E-state index contributed by atoms with van der Waals surface area (Å²) in [4.78, 5) is 31.2. The molecule has 0 saturated heterocycles. The van der Waals surface area contributed by atoms with E-state index in [4.69, 9.17) is 0 Å². The van der Waals surface area contributed by atoms with E-state index >= 15 is 0 Å². The molecule has 2 aliphatic rings. The van der Waals surface area contributed by atoms with E-state index in [0.717, 1.165) is 48.0 Å². The summed E-state index contributed by atoms with van der Waals surface area (Å²) in [6.07, 6.45) is 4.40. The summed E-state index contributed by atoms with van der Waals surface area (Å²) < 4.78 is 0. The summed E-state index contributed by atoms with van der Waals surface area (Å²) in [5.74, 6) is -0.0500. The molecule has 1 saturated carbocycles. The number of hydrazone groups is 1. The van der Waals surface area contributed by atoms with Crippen LogP contribution in [0.25, 0.3) is 10.9 Å². The number of amides is 2. The normalized spacial score (nSPS) is 19.2. The number of nitrogens with zero attached hydrogens (tertiary/aromatic N) is 2. The number of benzene rings is 2. The van der Waals surface area contributed by atoms with E-state index in [2.05, 4.69) is 52.0 Å². The Bertz CT molecular complexity index is 1210. The zero-order valence-corrected chi connectivity index (χ0v) is 18.3. The summed E-state index contributed by atoms with van der Waals surface area (Å²) in [7, 11) is 4.11. The Morgan fingerprint density at radius 2 is 2.03 bits per heavy atom. The zero-order valence-electron chi connectivity index (χ0n) is 18.3. The first-order valence-electron chi connectivity index (χ1n) is 11.0. The van der Waals surface area contributed by atoms with E-state index in [9.17, 15) is 9.59 Å². The maximum absolute atomic E-state index is 12.9. The molecule has 2 aromatic carbocycles. The molecule has 1 aliphatic heterocycles. The highest BCUT2D eigenvalue weighted by Gasteiger charge is 2.43. The average molecular weight is 430 g/mol. The first-order valence-corrected chi connectivity index (χ1v) is 11.0. The Hall–Kier alpha value is -3.45. The van der Waals surface area contributed by atoms with Crippen LogP contribution in [0.1, 0.15) is 45.9 Å². The number of rotatable bonds is 7. The number of nitrogens with one attached hydrogen (secondary N) is 3. The van der Waals surface area contributed by atoms with Gasteiger partial charge in [0, 0.05) is 33.8 Å². The van der Waals surface area contributed by atoms with Gasteiger partial charge in [0.15, 0.2) is 0 Å². The molecule has 3 N–H and O–H groups in total. The highest BCUT2D eigenvalue weighted by Crippen LogP contribution is 2.48. The van der Waals surface area contributed by atoms with Gasteiger partial charge in [-0.1, -0.05) is 30.3 Å². The zero-order chi connectivity index (χ0) is 22.2. The number of aryl methyl sites for hydroxylation is 1. The molecule has 7 heteroatoms. The number of aromatic nitrogens is 1. The fraction of sp³-hybridized carbons (Fsp3) is 0.320. The molecule has 0 spiro atoms. The summed E-state index contributed by atoms with van der Waals surface area (Å²) in [6, 6.07) is 13.8. The van der Waals surface area contributed by atoms with Crippen molar-refractivity contribution in [2.24, 2.45) is 11.0 Å². The Balaban J connectivity index is 1.41. The van der Waals surface area contributed by atoms with Gasteiger partial charge in [0.25, 0.3) is 5.91 Å². The smallest absolute Gasteiger partial charge is 0.272 e. The highest BCUT2D eigenvalue weighted by atomic mass is 16.2. The average Bonchev–Trinajstić information content (AvgIpc) is 3.53. The van der Waals surface area contributed by atoms with E-state index in [1.54, 1.807) is 12.3 Å². The van der Waals surface area contributed by atoms with Crippen molar-refractivity contribution in [1.29, 1.82) is 0 Å². The summed E-state index contributed by atoms with van der Waals surface area (Å²) in [5.41, 5.74) is 7.76. The molecule has 0 bridgehead atoms. The first-order chi connectivity index (χ1) is 15.5. The van der Waals surface area contributed by atoms with E-state index in [1.165, 1.54) is 5.56 Å². The van der Waals surface area contributed by atoms with Crippen molar-refractivity contribution in [3.8, 4) is 0 Å². The summed E-state index contributed by atoms with van der Waals surface area (Å²) >= 11 is 0. The van der Waals surface area contributed by atoms with Crippen molar-refractivity contribution in [3.05, 3.63) is 64.8 Å². The van der Waals surface area contributed by atoms with E-state index < -0.39 is 0 Å². The second-order valence-corrected chi connectivity index (χ2v) is 8.92. The third kappa shape index (κ3) is 3.91. The fourth-order valence-electron chi connectivity index (χ4n) is 4.58.